The molecule has 2 aliphatic heterocycles. The quantitative estimate of drug-likeness (QED) is 0.897. The second-order valence-electron chi connectivity index (χ2n) is 6.61. The first-order valence-electron chi connectivity index (χ1n) is 8.41. The Kier molecular flexibility index (Phi) is 4.96. The van der Waals surface area contributed by atoms with Gasteiger partial charge < -0.3 is 10.0 Å². The van der Waals surface area contributed by atoms with Crippen molar-refractivity contribution in [3.8, 4) is 0 Å². The van der Waals surface area contributed by atoms with Crippen LogP contribution in [0.4, 0.5) is 0 Å². The number of amides is 1. The number of likely N-dealkylation sites (tertiary alicyclic amines) is 2. The maximum Gasteiger partial charge on any atom is 0.317 e. The normalized spacial score (nSPS) is 25.2. The Bertz CT molecular complexity index is 561. The van der Waals surface area contributed by atoms with E-state index in [2.05, 4.69) is 17.0 Å². The zero-order valence-electron chi connectivity index (χ0n) is 13.4. The number of fused-ring (bicyclic) bond motifs is 1. The molecule has 2 fully saturated rings. The Hall–Kier alpha value is -1.88. The van der Waals surface area contributed by atoms with Crippen LogP contribution in [-0.2, 0) is 16.0 Å². The average molecular weight is 316 g/mol. The highest BCUT2D eigenvalue weighted by Gasteiger charge is 2.39. The van der Waals surface area contributed by atoms with Crippen LogP contribution in [0.5, 0.6) is 0 Å². The molecular formula is C18H24N2O3. The van der Waals surface area contributed by atoms with Crippen molar-refractivity contribution in [1.82, 2.24) is 9.80 Å². The fourth-order valence-electron chi connectivity index (χ4n) is 3.95. The van der Waals surface area contributed by atoms with Gasteiger partial charge in [-0.1, -0.05) is 30.3 Å². The molecule has 3 rings (SSSR count). The standard InChI is InChI=1S/C18H24N2O3/c21-17-7-6-15-12-19(13-18(22)23)10-9-16(15)20(17)11-8-14-4-2-1-3-5-14/h1-5,15-16H,6-13H2,(H,22,23)/t15-,16+/m0/s1. The van der Waals surface area contributed by atoms with Crippen molar-refractivity contribution >= 4 is 11.9 Å². The van der Waals surface area contributed by atoms with Crippen LogP contribution in [0.25, 0.3) is 0 Å². The third-order valence-electron chi connectivity index (χ3n) is 5.07. The molecule has 5 nitrogen and oxygen atoms in total. The van der Waals surface area contributed by atoms with E-state index in [1.54, 1.807) is 0 Å². The maximum absolute atomic E-state index is 12.3. The van der Waals surface area contributed by atoms with Crippen molar-refractivity contribution in [2.45, 2.75) is 31.7 Å². The Morgan fingerprint density at radius 1 is 1.22 bits per heavy atom. The molecule has 1 N–H and O–H groups in total. The summed E-state index contributed by atoms with van der Waals surface area (Å²) in [4.78, 5) is 27.3. The fraction of sp³-hybridized carbons (Fsp3) is 0.556. The molecule has 0 aliphatic carbocycles. The summed E-state index contributed by atoms with van der Waals surface area (Å²) in [6.45, 7) is 2.44. The lowest BCUT2D eigenvalue weighted by molar-refractivity contribution is -0.144. The first-order chi connectivity index (χ1) is 11.1. The minimum absolute atomic E-state index is 0.112. The topological polar surface area (TPSA) is 60.9 Å². The zero-order valence-corrected chi connectivity index (χ0v) is 13.4. The van der Waals surface area contributed by atoms with E-state index in [-0.39, 0.29) is 18.5 Å². The van der Waals surface area contributed by atoms with Crippen LogP contribution in [0, 0.1) is 5.92 Å². The number of carbonyl (C=O) groups is 2. The summed E-state index contributed by atoms with van der Waals surface area (Å²) in [5, 5.41) is 8.96. The molecule has 0 unspecified atom stereocenters. The molecule has 5 heteroatoms. The van der Waals surface area contributed by atoms with Crippen LogP contribution < -0.4 is 0 Å². The first-order valence-corrected chi connectivity index (χ1v) is 8.41. The van der Waals surface area contributed by atoms with Crippen LogP contribution in [0.1, 0.15) is 24.8 Å². The number of piperidine rings is 2. The molecule has 1 amide bonds. The van der Waals surface area contributed by atoms with Gasteiger partial charge in [-0.3, -0.25) is 14.5 Å². The molecule has 0 aromatic heterocycles. The van der Waals surface area contributed by atoms with Crippen molar-refractivity contribution in [1.29, 1.82) is 0 Å². The highest BCUT2D eigenvalue weighted by Crippen LogP contribution is 2.31. The number of carboxylic acids is 1. The van der Waals surface area contributed by atoms with Crippen LogP contribution in [-0.4, -0.2) is 59.0 Å². The predicted molar refractivity (Wildman–Crippen MR) is 87.1 cm³/mol. The number of hydrogen-bond donors (Lipinski definition) is 1. The lowest BCUT2D eigenvalue weighted by atomic mass is 9.83. The molecule has 0 radical (unpaired) electrons. The number of benzene rings is 1. The van der Waals surface area contributed by atoms with Gasteiger partial charge in [0.05, 0.1) is 6.54 Å². The summed E-state index contributed by atoms with van der Waals surface area (Å²) in [6.07, 6.45) is 3.26. The monoisotopic (exact) mass is 316 g/mol. The van der Waals surface area contributed by atoms with Crippen LogP contribution in [0.2, 0.25) is 0 Å². The number of carboxylic acid groups (broad SMARTS) is 1. The largest absolute Gasteiger partial charge is 0.480 e. The lowest BCUT2D eigenvalue weighted by Crippen LogP contribution is -2.56. The fourth-order valence-corrected chi connectivity index (χ4v) is 3.95. The Morgan fingerprint density at radius 2 is 2.00 bits per heavy atom. The van der Waals surface area contributed by atoms with Gasteiger partial charge in [0.2, 0.25) is 5.91 Å². The number of nitrogens with zero attached hydrogens (tertiary/aromatic N) is 2. The number of aliphatic carboxylic acids is 1. The van der Waals surface area contributed by atoms with E-state index in [1.807, 2.05) is 23.1 Å². The van der Waals surface area contributed by atoms with Gasteiger partial charge in [-0.25, -0.2) is 0 Å². The van der Waals surface area contributed by atoms with Crippen LogP contribution >= 0.6 is 0 Å². The van der Waals surface area contributed by atoms with Gasteiger partial charge in [0.1, 0.15) is 0 Å². The summed E-state index contributed by atoms with van der Waals surface area (Å²) in [5.74, 6) is -0.0956. The summed E-state index contributed by atoms with van der Waals surface area (Å²) in [5.41, 5.74) is 1.26. The van der Waals surface area contributed by atoms with Gasteiger partial charge >= 0.3 is 5.97 Å². The second kappa shape index (κ2) is 7.13. The Balaban J connectivity index is 1.61. The Morgan fingerprint density at radius 3 is 2.74 bits per heavy atom. The summed E-state index contributed by atoms with van der Waals surface area (Å²) < 4.78 is 0. The third kappa shape index (κ3) is 3.91. The molecule has 1 aromatic carbocycles. The maximum atomic E-state index is 12.3. The summed E-state index contributed by atoms with van der Waals surface area (Å²) in [6, 6.07) is 10.5. The molecule has 23 heavy (non-hydrogen) atoms. The highest BCUT2D eigenvalue weighted by atomic mass is 16.4. The average Bonchev–Trinajstić information content (AvgIpc) is 2.54. The number of hydrogen-bond acceptors (Lipinski definition) is 3. The van der Waals surface area contributed by atoms with E-state index < -0.39 is 5.97 Å². The van der Waals surface area contributed by atoms with Crippen molar-refractivity contribution in [3.63, 3.8) is 0 Å². The van der Waals surface area contributed by atoms with Crippen molar-refractivity contribution in [3.05, 3.63) is 35.9 Å². The van der Waals surface area contributed by atoms with Gasteiger partial charge in [-0.2, -0.15) is 0 Å². The molecule has 0 bridgehead atoms. The number of carbonyl (C=O) groups excluding carboxylic acids is 1. The van der Waals surface area contributed by atoms with Gasteiger partial charge in [0.15, 0.2) is 0 Å². The van der Waals surface area contributed by atoms with Crippen molar-refractivity contribution in [2.75, 3.05) is 26.2 Å². The van der Waals surface area contributed by atoms with E-state index in [0.29, 0.717) is 12.3 Å². The molecule has 2 saturated heterocycles. The summed E-state index contributed by atoms with van der Waals surface area (Å²) >= 11 is 0. The zero-order chi connectivity index (χ0) is 16.2. The molecule has 2 atom stereocenters. The first kappa shape index (κ1) is 16.0. The molecule has 0 spiro atoms. The van der Waals surface area contributed by atoms with Gasteiger partial charge in [-0.15, -0.1) is 0 Å². The highest BCUT2D eigenvalue weighted by molar-refractivity contribution is 5.77. The molecule has 0 saturated carbocycles. The smallest absolute Gasteiger partial charge is 0.317 e. The predicted octanol–water partition coefficient (Wildman–Crippen LogP) is 1.63. The lowest BCUT2D eigenvalue weighted by Gasteiger charge is -2.47. The van der Waals surface area contributed by atoms with Crippen LogP contribution in [0.3, 0.4) is 0 Å². The van der Waals surface area contributed by atoms with Crippen molar-refractivity contribution < 1.29 is 14.7 Å². The molecule has 2 aliphatic rings. The summed E-state index contributed by atoms with van der Waals surface area (Å²) in [7, 11) is 0. The van der Waals surface area contributed by atoms with Crippen molar-refractivity contribution in [2.24, 2.45) is 5.92 Å². The van der Waals surface area contributed by atoms with Gasteiger partial charge in [-0.05, 0) is 30.7 Å². The van der Waals surface area contributed by atoms with E-state index in [1.165, 1.54) is 5.56 Å². The minimum Gasteiger partial charge on any atom is -0.480 e. The van der Waals surface area contributed by atoms with E-state index in [4.69, 9.17) is 5.11 Å². The Labute approximate surface area is 136 Å². The second-order valence-corrected chi connectivity index (χ2v) is 6.61. The van der Waals surface area contributed by atoms with E-state index >= 15 is 0 Å². The van der Waals surface area contributed by atoms with E-state index in [9.17, 15) is 9.59 Å². The molecule has 1 aromatic rings. The SMILES string of the molecule is O=C(O)CN1CC[C@@H]2[C@@H](CCC(=O)N2CCc2ccccc2)C1. The third-order valence-corrected chi connectivity index (χ3v) is 5.07. The molecule has 2 heterocycles. The molecular weight excluding hydrogens is 292 g/mol. The van der Waals surface area contributed by atoms with Gasteiger partial charge in [0, 0.05) is 32.1 Å². The molecule has 124 valence electrons. The van der Waals surface area contributed by atoms with Crippen LogP contribution in [0.15, 0.2) is 30.3 Å². The minimum atomic E-state index is -0.767. The van der Waals surface area contributed by atoms with E-state index in [0.717, 1.165) is 38.9 Å². The number of rotatable bonds is 5. The van der Waals surface area contributed by atoms with Gasteiger partial charge in [0.25, 0.3) is 0 Å².